The molecule has 0 atom stereocenters. The first-order chi connectivity index (χ1) is 9.93. The van der Waals surface area contributed by atoms with Crippen molar-refractivity contribution in [3.05, 3.63) is 29.6 Å². The summed E-state index contributed by atoms with van der Waals surface area (Å²) in [6, 6.07) is 4.99. The number of hydrogen-bond donors (Lipinski definition) is 2. The first-order valence-electron chi connectivity index (χ1n) is 7.43. The summed E-state index contributed by atoms with van der Waals surface area (Å²) < 4.78 is 13.4. The Morgan fingerprint density at radius 2 is 2.10 bits per heavy atom. The molecule has 0 aromatic heterocycles. The fourth-order valence-corrected chi connectivity index (χ4v) is 2.00. The lowest BCUT2D eigenvalue weighted by Crippen LogP contribution is -2.36. The highest BCUT2D eigenvalue weighted by Crippen LogP contribution is 2.20. The van der Waals surface area contributed by atoms with Gasteiger partial charge in [0.05, 0.1) is 6.54 Å². The summed E-state index contributed by atoms with van der Waals surface area (Å²) >= 11 is 0. The molecule has 4 nitrogen and oxygen atoms in total. The summed E-state index contributed by atoms with van der Waals surface area (Å²) in [6.45, 7) is 7.62. The fourth-order valence-electron chi connectivity index (χ4n) is 2.00. The van der Waals surface area contributed by atoms with E-state index in [1.807, 2.05) is 32.7 Å². The SMILES string of the molecule is CCCNC(=O)CN(C)c1ccc(F)cc1CNC(C)C. The molecule has 5 heteroatoms. The van der Waals surface area contributed by atoms with Gasteiger partial charge in [0.25, 0.3) is 0 Å². The van der Waals surface area contributed by atoms with Crippen LogP contribution in [0.25, 0.3) is 0 Å². The van der Waals surface area contributed by atoms with Gasteiger partial charge in [0.1, 0.15) is 5.82 Å². The predicted octanol–water partition coefficient (Wildman–Crippen LogP) is 2.29. The van der Waals surface area contributed by atoms with Crippen LogP contribution < -0.4 is 15.5 Å². The Morgan fingerprint density at radius 3 is 2.71 bits per heavy atom. The zero-order chi connectivity index (χ0) is 15.8. The molecule has 1 rings (SSSR count). The third-order valence-corrected chi connectivity index (χ3v) is 3.11. The van der Waals surface area contributed by atoms with Crippen LogP contribution in [0.1, 0.15) is 32.8 Å². The molecular weight excluding hydrogens is 269 g/mol. The van der Waals surface area contributed by atoms with E-state index in [-0.39, 0.29) is 18.3 Å². The second kappa shape index (κ2) is 8.62. The molecule has 1 aromatic carbocycles. The zero-order valence-corrected chi connectivity index (χ0v) is 13.4. The Labute approximate surface area is 126 Å². The number of likely N-dealkylation sites (N-methyl/N-ethyl adjacent to an activating group) is 1. The van der Waals surface area contributed by atoms with Gasteiger partial charge in [-0.3, -0.25) is 4.79 Å². The van der Waals surface area contributed by atoms with Crippen molar-refractivity contribution in [1.29, 1.82) is 0 Å². The van der Waals surface area contributed by atoms with Crippen LogP contribution in [-0.2, 0) is 11.3 Å². The summed E-state index contributed by atoms with van der Waals surface area (Å²) in [6.07, 6.45) is 0.912. The third-order valence-electron chi connectivity index (χ3n) is 3.11. The number of carbonyl (C=O) groups is 1. The number of halogens is 1. The molecule has 0 spiro atoms. The van der Waals surface area contributed by atoms with Crippen LogP contribution in [-0.4, -0.2) is 32.1 Å². The Bertz CT molecular complexity index is 463. The lowest BCUT2D eigenvalue weighted by Gasteiger charge is -2.23. The van der Waals surface area contributed by atoms with Crippen molar-refractivity contribution in [3.8, 4) is 0 Å². The molecule has 1 amide bonds. The van der Waals surface area contributed by atoms with Gasteiger partial charge in [0.15, 0.2) is 0 Å². The van der Waals surface area contributed by atoms with Crippen molar-refractivity contribution >= 4 is 11.6 Å². The van der Waals surface area contributed by atoms with Gasteiger partial charge >= 0.3 is 0 Å². The maximum Gasteiger partial charge on any atom is 0.239 e. The molecule has 0 unspecified atom stereocenters. The maximum atomic E-state index is 13.4. The van der Waals surface area contributed by atoms with Crippen molar-refractivity contribution < 1.29 is 9.18 Å². The Morgan fingerprint density at radius 1 is 1.38 bits per heavy atom. The maximum absolute atomic E-state index is 13.4. The lowest BCUT2D eigenvalue weighted by molar-refractivity contribution is -0.119. The second-order valence-corrected chi connectivity index (χ2v) is 5.51. The summed E-state index contributed by atoms with van der Waals surface area (Å²) in [5.74, 6) is -0.283. The summed E-state index contributed by atoms with van der Waals surface area (Å²) in [4.78, 5) is 13.6. The van der Waals surface area contributed by atoms with Gasteiger partial charge in [-0.05, 0) is 30.2 Å². The van der Waals surface area contributed by atoms with Crippen LogP contribution in [0.3, 0.4) is 0 Å². The Hall–Kier alpha value is -1.62. The number of carbonyl (C=O) groups excluding carboxylic acids is 1. The molecule has 0 fully saturated rings. The first kappa shape index (κ1) is 17.4. The van der Waals surface area contributed by atoms with Gasteiger partial charge in [-0.1, -0.05) is 20.8 Å². The predicted molar refractivity (Wildman–Crippen MR) is 84.9 cm³/mol. The smallest absolute Gasteiger partial charge is 0.239 e. The molecule has 0 heterocycles. The average molecular weight is 295 g/mol. The van der Waals surface area contributed by atoms with Crippen molar-refractivity contribution in [2.45, 2.75) is 39.8 Å². The molecular formula is C16H26FN3O. The minimum atomic E-state index is -0.261. The standard InChI is InChI=1S/C16H26FN3O/c1-5-8-18-16(21)11-20(4)15-7-6-14(17)9-13(15)10-19-12(2)3/h6-7,9,12,19H,5,8,10-11H2,1-4H3,(H,18,21). The normalized spacial score (nSPS) is 10.8. The third kappa shape index (κ3) is 6.12. The quantitative estimate of drug-likeness (QED) is 0.773. The fraction of sp³-hybridized carbons (Fsp3) is 0.562. The van der Waals surface area contributed by atoms with Crippen LogP contribution in [0.4, 0.5) is 10.1 Å². The second-order valence-electron chi connectivity index (χ2n) is 5.51. The molecule has 1 aromatic rings. The number of amides is 1. The number of nitrogens with zero attached hydrogens (tertiary/aromatic N) is 1. The van der Waals surface area contributed by atoms with E-state index in [0.717, 1.165) is 17.7 Å². The molecule has 0 bridgehead atoms. The number of rotatable bonds is 8. The van der Waals surface area contributed by atoms with Gasteiger partial charge in [-0.25, -0.2) is 4.39 Å². The highest BCUT2D eigenvalue weighted by Gasteiger charge is 2.12. The first-order valence-corrected chi connectivity index (χ1v) is 7.43. The zero-order valence-electron chi connectivity index (χ0n) is 13.4. The van der Waals surface area contributed by atoms with Gasteiger partial charge in [0.2, 0.25) is 5.91 Å². The van der Waals surface area contributed by atoms with Gasteiger partial charge in [0, 0.05) is 31.9 Å². The number of anilines is 1. The minimum absolute atomic E-state index is 0.0218. The molecule has 2 N–H and O–H groups in total. The van der Waals surface area contributed by atoms with E-state index in [2.05, 4.69) is 10.6 Å². The van der Waals surface area contributed by atoms with Gasteiger partial charge in [-0.2, -0.15) is 0 Å². The molecule has 21 heavy (non-hydrogen) atoms. The molecule has 0 radical (unpaired) electrons. The van der Waals surface area contributed by atoms with Crippen molar-refractivity contribution in [2.24, 2.45) is 0 Å². The molecule has 0 aliphatic heterocycles. The topological polar surface area (TPSA) is 44.4 Å². The number of nitrogens with one attached hydrogen (secondary N) is 2. The van der Waals surface area contributed by atoms with E-state index in [1.54, 1.807) is 6.07 Å². The highest BCUT2D eigenvalue weighted by molar-refractivity contribution is 5.81. The van der Waals surface area contributed by atoms with Crippen LogP contribution >= 0.6 is 0 Å². The van der Waals surface area contributed by atoms with E-state index in [1.165, 1.54) is 12.1 Å². The number of hydrogen-bond acceptors (Lipinski definition) is 3. The highest BCUT2D eigenvalue weighted by atomic mass is 19.1. The average Bonchev–Trinajstić information content (AvgIpc) is 2.42. The molecule has 0 saturated carbocycles. The van der Waals surface area contributed by atoms with Crippen LogP contribution in [0.2, 0.25) is 0 Å². The van der Waals surface area contributed by atoms with Gasteiger partial charge in [-0.15, -0.1) is 0 Å². The van der Waals surface area contributed by atoms with E-state index < -0.39 is 0 Å². The molecule has 0 aliphatic rings. The summed E-state index contributed by atoms with van der Waals surface area (Å²) in [7, 11) is 1.84. The molecule has 118 valence electrons. The summed E-state index contributed by atoms with van der Waals surface area (Å²) in [5, 5.41) is 6.12. The summed E-state index contributed by atoms with van der Waals surface area (Å²) in [5.41, 5.74) is 1.73. The Kier molecular flexibility index (Phi) is 7.15. The van der Waals surface area contributed by atoms with E-state index in [9.17, 15) is 9.18 Å². The van der Waals surface area contributed by atoms with Gasteiger partial charge < -0.3 is 15.5 Å². The van der Waals surface area contributed by atoms with E-state index in [4.69, 9.17) is 0 Å². The largest absolute Gasteiger partial charge is 0.365 e. The van der Waals surface area contributed by atoms with Crippen molar-refractivity contribution in [3.63, 3.8) is 0 Å². The Balaban J connectivity index is 2.77. The van der Waals surface area contributed by atoms with Crippen LogP contribution in [0.15, 0.2) is 18.2 Å². The van der Waals surface area contributed by atoms with Crippen LogP contribution in [0.5, 0.6) is 0 Å². The monoisotopic (exact) mass is 295 g/mol. The van der Waals surface area contributed by atoms with Crippen molar-refractivity contribution in [1.82, 2.24) is 10.6 Å². The molecule has 0 aliphatic carbocycles. The molecule has 0 saturated heterocycles. The van der Waals surface area contributed by atoms with Crippen LogP contribution in [0, 0.1) is 5.82 Å². The lowest BCUT2D eigenvalue weighted by atomic mass is 10.1. The number of benzene rings is 1. The van der Waals surface area contributed by atoms with Crippen molar-refractivity contribution in [2.75, 3.05) is 25.0 Å². The van der Waals surface area contributed by atoms with E-state index >= 15 is 0 Å². The minimum Gasteiger partial charge on any atom is -0.365 e. The van der Waals surface area contributed by atoms with E-state index in [0.29, 0.717) is 19.1 Å².